The highest BCUT2D eigenvalue weighted by atomic mass is 16.5. The average molecular weight is 444 g/mol. The molecule has 0 heterocycles. The second kappa shape index (κ2) is 10.9. The molecule has 3 rings (SSSR count). The Balaban J connectivity index is 1.75. The van der Waals surface area contributed by atoms with Crippen molar-refractivity contribution in [1.29, 1.82) is 0 Å². The number of hydrogen-bond acceptors (Lipinski definition) is 5. The van der Waals surface area contributed by atoms with Crippen molar-refractivity contribution < 1.29 is 23.9 Å². The highest BCUT2D eigenvalue weighted by Gasteiger charge is 2.24. The van der Waals surface area contributed by atoms with E-state index >= 15 is 0 Å². The van der Waals surface area contributed by atoms with Crippen LogP contribution in [0.5, 0.6) is 0 Å². The van der Waals surface area contributed by atoms with Gasteiger partial charge in [0, 0.05) is 24.5 Å². The first-order chi connectivity index (χ1) is 15.9. The van der Waals surface area contributed by atoms with Crippen LogP contribution in [0.1, 0.15) is 38.8 Å². The molecular formula is C26H24N2O5. The lowest BCUT2D eigenvalue weighted by Gasteiger charge is -2.18. The smallest absolute Gasteiger partial charge is 0.328 e. The second-order valence-electron chi connectivity index (χ2n) is 7.37. The van der Waals surface area contributed by atoms with Gasteiger partial charge in [-0.2, -0.15) is 0 Å². The minimum Gasteiger partial charge on any atom is -0.467 e. The topological polar surface area (TPSA) is 102 Å². The largest absolute Gasteiger partial charge is 0.467 e. The zero-order valence-electron chi connectivity index (χ0n) is 18.3. The summed E-state index contributed by atoms with van der Waals surface area (Å²) in [6, 6.07) is 21.4. The predicted molar refractivity (Wildman–Crippen MR) is 124 cm³/mol. The summed E-state index contributed by atoms with van der Waals surface area (Å²) in [6.45, 7) is 1.35. The third kappa shape index (κ3) is 6.13. The van der Waals surface area contributed by atoms with Crippen molar-refractivity contribution >= 4 is 29.3 Å². The molecule has 0 fully saturated rings. The van der Waals surface area contributed by atoms with Crippen LogP contribution in [0.3, 0.4) is 0 Å². The van der Waals surface area contributed by atoms with Crippen molar-refractivity contribution in [3.05, 3.63) is 101 Å². The molecule has 0 aliphatic heterocycles. The maximum Gasteiger partial charge on any atom is 0.328 e. The molecule has 2 amide bonds. The fraction of sp³-hybridized carbons (Fsp3) is 0.154. The van der Waals surface area contributed by atoms with Gasteiger partial charge in [-0.1, -0.05) is 66.7 Å². The molecule has 0 aromatic heterocycles. The number of benzene rings is 3. The molecule has 7 heteroatoms. The van der Waals surface area contributed by atoms with E-state index in [1.54, 1.807) is 72.8 Å². The van der Waals surface area contributed by atoms with Gasteiger partial charge in [-0.05, 0) is 17.7 Å². The zero-order chi connectivity index (χ0) is 23.8. The lowest BCUT2D eigenvalue weighted by atomic mass is 9.99. The zero-order valence-corrected chi connectivity index (χ0v) is 18.3. The van der Waals surface area contributed by atoms with Crippen molar-refractivity contribution in [2.45, 2.75) is 19.4 Å². The summed E-state index contributed by atoms with van der Waals surface area (Å²) < 4.78 is 4.86. The van der Waals surface area contributed by atoms with Crippen molar-refractivity contribution in [1.82, 2.24) is 5.32 Å². The fourth-order valence-electron chi connectivity index (χ4n) is 3.34. The van der Waals surface area contributed by atoms with E-state index in [4.69, 9.17) is 4.74 Å². The molecule has 0 saturated carbocycles. The van der Waals surface area contributed by atoms with Gasteiger partial charge in [0.15, 0.2) is 5.78 Å². The first kappa shape index (κ1) is 23.4. The number of rotatable bonds is 8. The van der Waals surface area contributed by atoms with Crippen LogP contribution in [-0.4, -0.2) is 36.7 Å². The summed E-state index contributed by atoms with van der Waals surface area (Å²) in [6.07, 6.45) is 0.167. The minimum absolute atomic E-state index is 0.102. The molecule has 168 valence electrons. The molecule has 7 nitrogen and oxygen atoms in total. The average Bonchev–Trinajstić information content (AvgIpc) is 2.83. The van der Waals surface area contributed by atoms with Gasteiger partial charge in [-0.15, -0.1) is 0 Å². The number of ether oxygens (including phenoxy) is 1. The van der Waals surface area contributed by atoms with Crippen LogP contribution >= 0.6 is 0 Å². The Bertz CT molecular complexity index is 1160. The van der Waals surface area contributed by atoms with E-state index in [0.717, 1.165) is 5.56 Å². The first-order valence-corrected chi connectivity index (χ1v) is 10.3. The molecule has 33 heavy (non-hydrogen) atoms. The molecule has 0 bridgehead atoms. The third-order valence-corrected chi connectivity index (χ3v) is 4.97. The molecule has 1 atom stereocenters. The Morgan fingerprint density at radius 1 is 0.818 bits per heavy atom. The first-order valence-electron chi connectivity index (χ1n) is 10.3. The van der Waals surface area contributed by atoms with Crippen LogP contribution in [-0.2, 0) is 20.7 Å². The Morgan fingerprint density at radius 2 is 1.42 bits per heavy atom. The number of amides is 2. The summed E-state index contributed by atoms with van der Waals surface area (Å²) in [7, 11) is 1.24. The summed E-state index contributed by atoms with van der Waals surface area (Å²) in [5, 5.41) is 5.28. The normalized spacial score (nSPS) is 11.2. The molecule has 2 N–H and O–H groups in total. The lowest BCUT2D eigenvalue weighted by Crippen LogP contribution is -2.43. The van der Waals surface area contributed by atoms with Gasteiger partial charge in [0.1, 0.15) is 6.04 Å². The van der Waals surface area contributed by atoms with E-state index < -0.39 is 17.9 Å². The summed E-state index contributed by atoms with van der Waals surface area (Å²) in [5.74, 6) is -1.55. The van der Waals surface area contributed by atoms with E-state index in [2.05, 4.69) is 10.6 Å². The van der Waals surface area contributed by atoms with Crippen LogP contribution < -0.4 is 10.6 Å². The molecule has 0 aliphatic rings. The van der Waals surface area contributed by atoms with Crippen molar-refractivity contribution in [2.75, 3.05) is 12.4 Å². The summed E-state index contributed by atoms with van der Waals surface area (Å²) in [4.78, 5) is 49.2. The van der Waals surface area contributed by atoms with Gasteiger partial charge in [-0.3, -0.25) is 14.4 Å². The highest BCUT2D eigenvalue weighted by Crippen LogP contribution is 2.16. The van der Waals surface area contributed by atoms with Crippen molar-refractivity contribution in [3.63, 3.8) is 0 Å². The van der Waals surface area contributed by atoms with Gasteiger partial charge < -0.3 is 15.4 Å². The number of nitrogens with one attached hydrogen (secondary N) is 2. The standard InChI is InChI=1S/C26H24N2O5/c1-17(29)27-22-11-7-6-10-21(22)25(31)28-23(26(32)33-2)16-18-12-14-20(15-13-18)24(30)19-8-4-3-5-9-19/h3-15,23H,16H2,1-2H3,(H,27,29)(H,28,31)/t23-/m0/s1. The number of ketones is 1. The Labute approximate surface area is 191 Å². The predicted octanol–water partition coefficient (Wildman–Crippen LogP) is 3.39. The third-order valence-electron chi connectivity index (χ3n) is 4.97. The Kier molecular flexibility index (Phi) is 7.70. The van der Waals surface area contributed by atoms with E-state index in [0.29, 0.717) is 16.8 Å². The Morgan fingerprint density at radius 3 is 2.06 bits per heavy atom. The minimum atomic E-state index is -0.955. The van der Waals surface area contributed by atoms with Crippen molar-refractivity contribution in [3.8, 4) is 0 Å². The molecule has 0 radical (unpaired) electrons. The van der Waals surface area contributed by atoms with Gasteiger partial charge >= 0.3 is 5.97 Å². The van der Waals surface area contributed by atoms with Gasteiger partial charge in [0.25, 0.3) is 5.91 Å². The number of carbonyl (C=O) groups excluding carboxylic acids is 4. The monoisotopic (exact) mass is 444 g/mol. The molecule has 0 aliphatic carbocycles. The SMILES string of the molecule is COC(=O)[C@H](Cc1ccc(C(=O)c2ccccc2)cc1)NC(=O)c1ccccc1NC(C)=O. The molecule has 0 unspecified atom stereocenters. The fourth-order valence-corrected chi connectivity index (χ4v) is 3.34. The number of hydrogen-bond donors (Lipinski definition) is 2. The van der Waals surface area contributed by atoms with E-state index in [1.165, 1.54) is 14.0 Å². The van der Waals surface area contributed by atoms with Gasteiger partial charge in [0.2, 0.25) is 5.91 Å². The summed E-state index contributed by atoms with van der Waals surface area (Å²) in [5.41, 5.74) is 2.42. The molecular weight excluding hydrogens is 420 g/mol. The van der Waals surface area contributed by atoms with Crippen LogP contribution in [0.25, 0.3) is 0 Å². The Hall–Kier alpha value is -4.26. The number of para-hydroxylation sites is 1. The molecule has 0 saturated heterocycles. The van der Waals surface area contributed by atoms with Crippen LogP contribution in [0.2, 0.25) is 0 Å². The molecule has 3 aromatic rings. The maximum atomic E-state index is 12.9. The second-order valence-corrected chi connectivity index (χ2v) is 7.37. The quantitative estimate of drug-likeness (QED) is 0.410. The summed E-state index contributed by atoms with van der Waals surface area (Å²) >= 11 is 0. The lowest BCUT2D eigenvalue weighted by molar-refractivity contribution is -0.142. The number of esters is 1. The van der Waals surface area contributed by atoms with E-state index in [-0.39, 0.29) is 23.7 Å². The van der Waals surface area contributed by atoms with Gasteiger partial charge in [0.05, 0.1) is 18.4 Å². The van der Waals surface area contributed by atoms with E-state index in [9.17, 15) is 19.2 Å². The van der Waals surface area contributed by atoms with Crippen LogP contribution in [0.4, 0.5) is 5.69 Å². The molecule has 3 aromatic carbocycles. The van der Waals surface area contributed by atoms with Crippen LogP contribution in [0.15, 0.2) is 78.9 Å². The van der Waals surface area contributed by atoms with E-state index in [1.807, 2.05) is 6.07 Å². The molecule has 0 spiro atoms. The van der Waals surface area contributed by atoms with Crippen molar-refractivity contribution in [2.24, 2.45) is 0 Å². The van der Waals surface area contributed by atoms with Gasteiger partial charge in [-0.25, -0.2) is 4.79 Å². The highest BCUT2D eigenvalue weighted by molar-refractivity contribution is 6.09. The maximum absolute atomic E-state index is 12.9. The number of carbonyl (C=O) groups is 4. The number of anilines is 1. The number of methoxy groups -OCH3 is 1. The van der Waals surface area contributed by atoms with Crippen LogP contribution in [0, 0.1) is 0 Å².